The van der Waals surface area contributed by atoms with Gasteiger partial charge in [0.25, 0.3) is 5.60 Å². The van der Waals surface area contributed by atoms with E-state index in [1.807, 2.05) is 12.1 Å². The van der Waals surface area contributed by atoms with Crippen molar-refractivity contribution in [2.45, 2.75) is 38.7 Å². The Morgan fingerprint density at radius 3 is 1.76 bits per heavy atom. The van der Waals surface area contributed by atoms with Crippen LogP contribution in [0.3, 0.4) is 0 Å². The molecule has 0 aromatic heterocycles. The summed E-state index contributed by atoms with van der Waals surface area (Å²) in [5.74, 6) is -1.66. The Morgan fingerprint density at radius 1 is 0.880 bits per heavy atom. The summed E-state index contributed by atoms with van der Waals surface area (Å²) in [5, 5.41) is 0. The fraction of sp³-hybridized carbons (Fsp3) is 0.286. The van der Waals surface area contributed by atoms with Gasteiger partial charge in [-0.2, -0.15) is 0 Å². The molecule has 0 aliphatic heterocycles. The molecule has 0 radical (unpaired) electrons. The van der Waals surface area contributed by atoms with Gasteiger partial charge in [0.15, 0.2) is 0 Å². The SMILES string of the molecule is CC(=O)OC1(c2ccc(C(C)(C)C)cc2)C(=O)c2ccccc2C1=O. The number of Topliss-reactive ketones (excluding diaryl/α,β-unsaturated/α-hetero) is 2. The van der Waals surface area contributed by atoms with Crippen LogP contribution in [0.5, 0.6) is 0 Å². The van der Waals surface area contributed by atoms with E-state index in [0.29, 0.717) is 5.56 Å². The van der Waals surface area contributed by atoms with Crippen molar-refractivity contribution >= 4 is 17.5 Å². The Bertz CT molecular complexity index is 835. The van der Waals surface area contributed by atoms with Crippen LogP contribution in [0.25, 0.3) is 0 Å². The van der Waals surface area contributed by atoms with Gasteiger partial charge in [-0.15, -0.1) is 0 Å². The minimum Gasteiger partial charge on any atom is -0.437 e. The van der Waals surface area contributed by atoms with E-state index >= 15 is 0 Å². The molecule has 0 amide bonds. The molecule has 1 aliphatic rings. The third-order valence-electron chi connectivity index (χ3n) is 4.51. The van der Waals surface area contributed by atoms with Crippen molar-refractivity contribution in [2.24, 2.45) is 0 Å². The molecule has 2 aromatic carbocycles. The Hall–Kier alpha value is -2.75. The third kappa shape index (κ3) is 2.58. The number of ether oxygens (including phenoxy) is 1. The summed E-state index contributed by atoms with van der Waals surface area (Å²) in [6.07, 6.45) is 0. The molecule has 0 bridgehead atoms. The van der Waals surface area contributed by atoms with Crippen LogP contribution in [-0.4, -0.2) is 17.5 Å². The van der Waals surface area contributed by atoms with Gasteiger partial charge in [0.1, 0.15) is 0 Å². The number of rotatable bonds is 2. The van der Waals surface area contributed by atoms with Gasteiger partial charge in [-0.1, -0.05) is 69.3 Å². The van der Waals surface area contributed by atoms with Crippen LogP contribution in [0.15, 0.2) is 48.5 Å². The molecule has 128 valence electrons. The van der Waals surface area contributed by atoms with Gasteiger partial charge in [0, 0.05) is 23.6 Å². The lowest BCUT2D eigenvalue weighted by molar-refractivity contribution is -0.149. The number of carbonyl (C=O) groups excluding carboxylic acids is 3. The van der Waals surface area contributed by atoms with Crippen LogP contribution in [0, 0.1) is 0 Å². The highest BCUT2D eigenvalue weighted by Gasteiger charge is 2.57. The van der Waals surface area contributed by atoms with Crippen molar-refractivity contribution < 1.29 is 19.1 Å². The first-order valence-corrected chi connectivity index (χ1v) is 8.17. The van der Waals surface area contributed by atoms with Crippen molar-refractivity contribution in [1.29, 1.82) is 0 Å². The van der Waals surface area contributed by atoms with E-state index < -0.39 is 23.1 Å². The van der Waals surface area contributed by atoms with E-state index in [1.165, 1.54) is 6.92 Å². The highest BCUT2D eigenvalue weighted by molar-refractivity contribution is 6.32. The van der Waals surface area contributed by atoms with Gasteiger partial charge >= 0.3 is 5.97 Å². The number of benzene rings is 2. The molecular formula is C21H20O4. The lowest BCUT2D eigenvalue weighted by Crippen LogP contribution is -2.42. The lowest BCUT2D eigenvalue weighted by Gasteiger charge is -2.27. The zero-order valence-corrected chi connectivity index (χ0v) is 14.8. The molecule has 4 heteroatoms. The number of hydrogen-bond donors (Lipinski definition) is 0. The monoisotopic (exact) mass is 336 g/mol. The summed E-state index contributed by atoms with van der Waals surface area (Å²) < 4.78 is 5.38. The van der Waals surface area contributed by atoms with Crippen LogP contribution >= 0.6 is 0 Å². The molecule has 0 fully saturated rings. The van der Waals surface area contributed by atoms with Crippen molar-refractivity contribution in [3.63, 3.8) is 0 Å². The standard InChI is InChI=1S/C21H20O4/c1-13(22)25-21(15-11-9-14(10-12-15)20(2,3)4)18(23)16-7-5-6-8-17(16)19(21)24/h5-12H,1-4H3. The second-order valence-electron chi connectivity index (χ2n) is 7.31. The normalized spacial score (nSPS) is 15.8. The molecule has 2 aromatic rings. The van der Waals surface area contributed by atoms with Crippen molar-refractivity contribution in [3.8, 4) is 0 Å². The van der Waals surface area contributed by atoms with Gasteiger partial charge in [0.05, 0.1) is 0 Å². The zero-order chi connectivity index (χ0) is 18.4. The summed E-state index contributed by atoms with van der Waals surface area (Å²) >= 11 is 0. The molecule has 0 atom stereocenters. The molecule has 25 heavy (non-hydrogen) atoms. The number of hydrogen-bond acceptors (Lipinski definition) is 4. The molecular weight excluding hydrogens is 316 g/mol. The van der Waals surface area contributed by atoms with Gasteiger partial charge in [-0.05, 0) is 11.0 Å². The first-order chi connectivity index (χ1) is 11.7. The smallest absolute Gasteiger partial charge is 0.304 e. The van der Waals surface area contributed by atoms with Crippen molar-refractivity contribution in [3.05, 3.63) is 70.8 Å². The highest BCUT2D eigenvalue weighted by Crippen LogP contribution is 2.41. The van der Waals surface area contributed by atoms with E-state index in [4.69, 9.17) is 4.74 Å². The van der Waals surface area contributed by atoms with Gasteiger partial charge < -0.3 is 4.74 Å². The summed E-state index contributed by atoms with van der Waals surface area (Å²) in [7, 11) is 0. The fourth-order valence-electron chi connectivity index (χ4n) is 3.20. The summed E-state index contributed by atoms with van der Waals surface area (Å²) in [4.78, 5) is 37.8. The fourth-order valence-corrected chi connectivity index (χ4v) is 3.20. The predicted molar refractivity (Wildman–Crippen MR) is 93.7 cm³/mol. The van der Waals surface area contributed by atoms with Crippen LogP contribution in [0.1, 0.15) is 59.5 Å². The lowest BCUT2D eigenvalue weighted by atomic mass is 9.83. The van der Waals surface area contributed by atoms with E-state index in [2.05, 4.69) is 20.8 Å². The number of esters is 1. The van der Waals surface area contributed by atoms with E-state index in [0.717, 1.165) is 5.56 Å². The number of ketones is 2. The second-order valence-corrected chi connectivity index (χ2v) is 7.31. The zero-order valence-electron chi connectivity index (χ0n) is 14.8. The topological polar surface area (TPSA) is 60.4 Å². The Morgan fingerprint density at radius 2 is 1.36 bits per heavy atom. The Kier molecular flexibility index (Phi) is 3.87. The molecule has 0 spiro atoms. The van der Waals surface area contributed by atoms with Crippen molar-refractivity contribution in [2.75, 3.05) is 0 Å². The van der Waals surface area contributed by atoms with Gasteiger partial charge in [-0.3, -0.25) is 14.4 Å². The maximum atomic E-state index is 13.0. The molecule has 1 aliphatic carbocycles. The average molecular weight is 336 g/mol. The largest absolute Gasteiger partial charge is 0.437 e. The van der Waals surface area contributed by atoms with Gasteiger partial charge in [-0.25, -0.2) is 0 Å². The highest BCUT2D eigenvalue weighted by atomic mass is 16.6. The molecule has 0 unspecified atom stereocenters. The summed E-state index contributed by atoms with van der Waals surface area (Å²) in [6.45, 7) is 7.43. The van der Waals surface area contributed by atoms with E-state index in [9.17, 15) is 14.4 Å². The molecule has 0 heterocycles. The van der Waals surface area contributed by atoms with E-state index in [-0.39, 0.29) is 16.5 Å². The molecule has 0 saturated heterocycles. The quantitative estimate of drug-likeness (QED) is 0.618. The Balaban J connectivity index is 2.18. The second kappa shape index (κ2) is 5.66. The molecule has 3 rings (SSSR count). The molecule has 4 nitrogen and oxygen atoms in total. The van der Waals surface area contributed by atoms with Crippen LogP contribution in [0.4, 0.5) is 0 Å². The van der Waals surface area contributed by atoms with Crippen molar-refractivity contribution in [1.82, 2.24) is 0 Å². The van der Waals surface area contributed by atoms with Crippen LogP contribution < -0.4 is 0 Å². The summed E-state index contributed by atoms with van der Waals surface area (Å²) in [6, 6.07) is 13.7. The van der Waals surface area contributed by atoms with Gasteiger partial charge in [0.2, 0.25) is 11.6 Å². The minimum atomic E-state index is -1.92. The average Bonchev–Trinajstić information content (AvgIpc) is 2.77. The summed E-state index contributed by atoms with van der Waals surface area (Å²) in [5.41, 5.74) is 0.0138. The first-order valence-electron chi connectivity index (χ1n) is 8.17. The number of carbonyl (C=O) groups is 3. The maximum Gasteiger partial charge on any atom is 0.304 e. The predicted octanol–water partition coefficient (Wildman–Crippen LogP) is 3.82. The van der Waals surface area contributed by atoms with Crippen LogP contribution in [0.2, 0.25) is 0 Å². The van der Waals surface area contributed by atoms with Crippen LogP contribution in [-0.2, 0) is 20.5 Å². The minimum absolute atomic E-state index is 0.0697. The molecule has 0 saturated carbocycles. The third-order valence-corrected chi connectivity index (χ3v) is 4.51. The number of fused-ring (bicyclic) bond motifs is 1. The Labute approximate surface area is 146 Å². The molecule has 0 N–H and O–H groups in total. The van der Waals surface area contributed by atoms with E-state index in [1.54, 1.807) is 36.4 Å². The maximum absolute atomic E-state index is 13.0. The first kappa shape index (κ1) is 17.1.